The van der Waals surface area contributed by atoms with Crippen molar-refractivity contribution in [3.05, 3.63) is 12.4 Å². The van der Waals surface area contributed by atoms with Crippen molar-refractivity contribution in [2.24, 2.45) is 0 Å². The molecule has 0 saturated carbocycles. The Morgan fingerprint density at radius 2 is 0.938 bits per heavy atom. The summed E-state index contributed by atoms with van der Waals surface area (Å²) in [6, 6.07) is 0. The minimum absolute atomic E-state index is 0.0366. The van der Waals surface area contributed by atoms with Gasteiger partial charge in [-0.15, -0.1) is 0 Å². The van der Waals surface area contributed by atoms with Crippen LogP contribution in [-0.4, -0.2) is 82.8 Å². The maximum absolute atomic E-state index is 8.87. The Bertz CT molecular complexity index is 160. The highest BCUT2D eigenvalue weighted by molar-refractivity contribution is 4.93. The van der Waals surface area contributed by atoms with Gasteiger partial charge in [-0.3, -0.25) is 0 Å². The lowest BCUT2D eigenvalue weighted by Gasteiger charge is -2.34. The fourth-order valence-electron chi connectivity index (χ4n) is 1.42. The molecule has 0 aliphatic carbocycles. The molecule has 0 aromatic carbocycles. The average molecular weight is 234 g/mol. The number of rotatable bonds is 10. The Balaban J connectivity index is 4.38. The van der Waals surface area contributed by atoms with Crippen LogP contribution < -0.4 is 0 Å². The SMILES string of the molecule is C=C(N(CCO)CCO)N(CCO)CCO. The van der Waals surface area contributed by atoms with E-state index in [0.29, 0.717) is 32.0 Å². The van der Waals surface area contributed by atoms with Gasteiger partial charge in [-0.2, -0.15) is 0 Å². The second-order valence-electron chi connectivity index (χ2n) is 3.28. The molecule has 0 fully saturated rings. The van der Waals surface area contributed by atoms with Crippen molar-refractivity contribution in [3.63, 3.8) is 0 Å². The molecular formula is C10H22N2O4. The molecule has 0 rings (SSSR count). The molecular weight excluding hydrogens is 212 g/mol. The van der Waals surface area contributed by atoms with Gasteiger partial charge in [0.05, 0.1) is 32.2 Å². The highest BCUT2D eigenvalue weighted by Crippen LogP contribution is 2.07. The van der Waals surface area contributed by atoms with E-state index in [1.54, 1.807) is 9.80 Å². The summed E-state index contributed by atoms with van der Waals surface area (Å²) in [6.45, 7) is 5.16. The van der Waals surface area contributed by atoms with E-state index in [9.17, 15) is 0 Å². The van der Waals surface area contributed by atoms with Gasteiger partial charge in [-0.25, -0.2) is 0 Å². The summed E-state index contributed by atoms with van der Waals surface area (Å²) in [5, 5.41) is 35.5. The number of aliphatic hydroxyl groups excluding tert-OH is 4. The van der Waals surface area contributed by atoms with Crippen molar-refractivity contribution >= 4 is 0 Å². The van der Waals surface area contributed by atoms with Crippen LogP contribution in [0.15, 0.2) is 12.4 Å². The van der Waals surface area contributed by atoms with Crippen LogP contribution in [0.5, 0.6) is 0 Å². The molecule has 0 aliphatic heterocycles. The Labute approximate surface area is 96.0 Å². The maximum atomic E-state index is 8.87. The lowest BCUT2D eigenvalue weighted by molar-refractivity contribution is 0.120. The van der Waals surface area contributed by atoms with Crippen molar-refractivity contribution in [2.45, 2.75) is 0 Å². The zero-order valence-corrected chi connectivity index (χ0v) is 9.55. The van der Waals surface area contributed by atoms with Crippen molar-refractivity contribution in [1.82, 2.24) is 9.80 Å². The quantitative estimate of drug-likeness (QED) is 0.351. The second-order valence-corrected chi connectivity index (χ2v) is 3.28. The van der Waals surface area contributed by atoms with E-state index in [4.69, 9.17) is 20.4 Å². The number of hydrogen-bond acceptors (Lipinski definition) is 6. The van der Waals surface area contributed by atoms with Crippen molar-refractivity contribution in [1.29, 1.82) is 0 Å². The maximum Gasteiger partial charge on any atom is 0.0968 e. The van der Waals surface area contributed by atoms with Gasteiger partial charge in [0.15, 0.2) is 0 Å². The van der Waals surface area contributed by atoms with E-state index in [-0.39, 0.29) is 26.4 Å². The first-order valence-electron chi connectivity index (χ1n) is 5.33. The fraction of sp³-hybridized carbons (Fsp3) is 0.800. The first kappa shape index (κ1) is 15.2. The van der Waals surface area contributed by atoms with Gasteiger partial charge in [0, 0.05) is 26.2 Å². The molecule has 4 N–H and O–H groups in total. The predicted molar refractivity (Wildman–Crippen MR) is 60.6 cm³/mol. The standard InChI is InChI=1S/C10H22N2O4/c1-10(11(2-6-13)3-7-14)12(4-8-15)5-9-16/h13-16H,1-9H2. The zero-order valence-electron chi connectivity index (χ0n) is 9.55. The molecule has 0 aromatic rings. The van der Waals surface area contributed by atoms with Crippen LogP contribution >= 0.6 is 0 Å². The van der Waals surface area contributed by atoms with Crippen LogP contribution in [0.4, 0.5) is 0 Å². The summed E-state index contributed by atoms with van der Waals surface area (Å²) in [4.78, 5) is 3.43. The molecule has 16 heavy (non-hydrogen) atoms. The molecule has 96 valence electrons. The second kappa shape index (κ2) is 9.41. The average Bonchev–Trinajstić information content (AvgIpc) is 2.27. The largest absolute Gasteiger partial charge is 0.395 e. The Hall–Kier alpha value is -0.820. The molecule has 0 aromatic heterocycles. The summed E-state index contributed by atoms with van der Waals surface area (Å²) in [5.41, 5.74) is 0. The third kappa shape index (κ3) is 5.32. The summed E-state index contributed by atoms with van der Waals surface area (Å²) >= 11 is 0. The fourth-order valence-corrected chi connectivity index (χ4v) is 1.42. The molecule has 0 atom stereocenters. The molecule has 6 nitrogen and oxygen atoms in total. The van der Waals surface area contributed by atoms with Gasteiger partial charge in [0.1, 0.15) is 0 Å². The minimum Gasteiger partial charge on any atom is -0.395 e. The molecule has 0 aliphatic rings. The molecule has 6 heteroatoms. The summed E-state index contributed by atoms with van der Waals surface area (Å²) in [5.74, 6) is 0.589. The van der Waals surface area contributed by atoms with Gasteiger partial charge >= 0.3 is 0 Å². The van der Waals surface area contributed by atoms with E-state index in [0.717, 1.165) is 0 Å². The van der Waals surface area contributed by atoms with Crippen molar-refractivity contribution < 1.29 is 20.4 Å². The highest BCUT2D eigenvalue weighted by Gasteiger charge is 2.13. The Kier molecular flexibility index (Phi) is 8.93. The number of nitrogens with zero attached hydrogens (tertiary/aromatic N) is 2. The van der Waals surface area contributed by atoms with Crippen LogP contribution in [-0.2, 0) is 0 Å². The monoisotopic (exact) mass is 234 g/mol. The van der Waals surface area contributed by atoms with Crippen LogP contribution in [0.1, 0.15) is 0 Å². The molecule has 0 spiro atoms. The molecule has 0 unspecified atom stereocenters. The molecule has 0 radical (unpaired) electrons. The van der Waals surface area contributed by atoms with Crippen molar-refractivity contribution in [3.8, 4) is 0 Å². The summed E-state index contributed by atoms with van der Waals surface area (Å²) in [6.07, 6.45) is 0. The minimum atomic E-state index is -0.0366. The molecule has 0 amide bonds. The Morgan fingerprint density at radius 3 is 1.12 bits per heavy atom. The lowest BCUT2D eigenvalue weighted by Crippen LogP contribution is -2.40. The van der Waals surface area contributed by atoms with Gasteiger partial charge in [0.25, 0.3) is 0 Å². The van der Waals surface area contributed by atoms with E-state index >= 15 is 0 Å². The van der Waals surface area contributed by atoms with Crippen LogP contribution in [0.3, 0.4) is 0 Å². The predicted octanol–water partition coefficient (Wildman–Crippen LogP) is -1.97. The smallest absolute Gasteiger partial charge is 0.0968 e. The third-order valence-corrected chi connectivity index (χ3v) is 2.21. The summed E-state index contributed by atoms with van der Waals surface area (Å²) in [7, 11) is 0. The highest BCUT2D eigenvalue weighted by atomic mass is 16.3. The van der Waals surface area contributed by atoms with E-state index in [1.807, 2.05) is 0 Å². The van der Waals surface area contributed by atoms with E-state index in [1.165, 1.54) is 0 Å². The van der Waals surface area contributed by atoms with Gasteiger partial charge < -0.3 is 30.2 Å². The van der Waals surface area contributed by atoms with Crippen LogP contribution in [0.2, 0.25) is 0 Å². The van der Waals surface area contributed by atoms with Crippen LogP contribution in [0, 0.1) is 0 Å². The Morgan fingerprint density at radius 1 is 0.688 bits per heavy atom. The zero-order chi connectivity index (χ0) is 12.4. The number of aliphatic hydroxyl groups is 4. The van der Waals surface area contributed by atoms with Gasteiger partial charge in [-0.05, 0) is 0 Å². The van der Waals surface area contributed by atoms with Crippen molar-refractivity contribution in [2.75, 3.05) is 52.6 Å². The van der Waals surface area contributed by atoms with Gasteiger partial charge in [-0.1, -0.05) is 6.58 Å². The summed E-state index contributed by atoms with van der Waals surface area (Å²) < 4.78 is 0. The molecule has 0 saturated heterocycles. The normalized spacial score (nSPS) is 10.2. The van der Waals surface area contributed by atoms with Gasteiger partial charge in [0.2, 0.25) is 0 Å². The third-order valence-electron chi connectivity index (χ3n) is 2.21. The lowest BCUT2D eigenvalue weighted by atomic mass is 10.4. The van der Waals surface area contributed by atoms with E-state index in [2.05, 4.69) is 6.58 Å². The topological polar surface area (TPSA) is 87.4 Å². The first-order chi connectivity index (χ1) is 7.71. The van der Waals surface area contributed by atoms with Crippen LogP contribution in [0.25, 0.3) is 0 Å². The number of hydrogen-bond donors (Lipinski definition) is 4. The molecule has 0 heterocycles. The first-order valence-corrected chi connectivity index (χ1v) is 5.33. The van der Waals surface area contributed by atoms with E-state index < -0.39 is 0 Å². The molecule has 0 bridgehead atoms.